The minimum Gasteiger partial charge on any atom is -0.366 e. The molecular formula is C16H23ClN4. The summed E-state index contributed by atoms with van der Waals surface area (Å²) in [6.07, 6.45) is 8.09. The molecule has 3 rings (SSSR count). The van der Waals surface area contributed by atoms with E-state index >= 15 is 0 Å². The molecule has 1 fully saturated rings. The Kier molecular flexibility index (Phi) is 3.82. The molecule has 1 saturated carbocycles. The van der Waals surface area contributed by atoms with Crippen molar-refractivity contribution in [2.75, 3.05) is 5.32 Å². The molecule has 0 saturated heterocycles. The number of aromatic nitrogens is 3. The molecule has 0 atom stereocenters. The van der Waals surface area contributed by atoms with Gasteiger partial charge in [0.2, 0.25) is 0 Å². The number of fused-ring (bicyclic) bond motifs is 1. The van der Waals surface area contributed by atoms with Crippen LogP contribution in [0.3, 0.4) is 0 Å². The molecule has 2 aromatic rings. The van der Waals surface area contributed by atoms with Crippen molar-refractivity contribution in [3.8, 4) is 0 Å². The predicted octanol–water partition coefficient (Wildman–Crippen LogP) is 3.99. The molecule has 114 valence electrons. The minimum atomic E-state index is 0.0416. The molecule has 2 aromatic heterocycles. The zero-order valence-electron chi connectivity index (χ0n) is 12.9. The summed E-state index contributed by atoms with van der Waals surface area (Å²) in [6.45, 7) is 6.53. The van der Waals surface area contributed by atoms with Crippen LogP contribution < -0.4 is 5.32 Å². The number of nitrogens with one attached hydrogen (secondary N) is 1. The van der Waals surface area contributed by atoms with E-state index in [9.17, 15) is 0 Å². The van der Waals surface area contributed by atoms with Crippen molar-refractivity contribution in [3.05, 3.63) is 24.2 Å². The highest BCUT2D eigenvalue weighted by Crippen LogP contribution is 2.28. The lowest BCUT2D eigenvalue weighted by molar-refractivity contribution is 0.468. The molecule has 0 unspecified atom stereocenters. The van der Waals surface area contributed by atoms with Gasteiger partial charge in [0, 0.05) is 29.2 Å². The first kappa shape index (κ1) is 14.6. The molecule has 1 aliphatic rings. The van der Waals surface area contributed by atoms with Gasteiger partial charge in [-0.2, -0.15) is 5.10 Å². The van der Waals surface area contributed by atoms with Crippen LogP contribution in [0.5, 0.6) is 0 Å². The summed E-state index contributed by atoms with van der Waals surface area (Å²) in [6, 6.07) is 2.61. The van der Waals surface area contributed by atoms with Gasteiger partial charge in [0.25, 0.3) is 0 Å². The molecule has 0 spiro atoms. The molecular weight excluding hydrogens is 284 g/mol. The van der Waals surface area contributed by atoms with Crippen LogP contribution in [-0.2, 0) is 5.41 Å². The van der Waals surface area contributed by atoms with Crippen LogP contribution in [0.15, 0.2) is 18.5 Å². The lowest BCUT2D eigenvalue weighted by atomic mass is 9.92. The summed E-state index contributed by atoms with van der Waals surface area (Å²) in [5, 5.41) is 8.59. The second-order valence-electron chi connectivity index (χ2n) is 6.98. The number of hydrogen-bond donors (Lipinski definition) is 1. The van der Waals surface area contributed by atoms with Crippen molar-refractivity contribution in [3.63, 3.8) is 0 Å². The summed E-state index contributed by atoms with van der Waals surface area (Å²) in [5.74, 6) is 0.929. The van der Waals surface area contributed by atoms with Gasteiger partial charge in [-0.1, -0.05) is 20.8 Å². The van der Waals surface area contributed by atoms with Crippen molar-refractivity contribution in [2.24, 2.45) is 0 Å². The molecule has 0 aliphatic heterocycles. The fourth-order valence-corrected chi connectivity index (χ4v) is 3.04. The highest BCUT2D eigenvalue weighted by atomic mass is 35.5. The third-order valence-electron chi connectivity index (χ3n) is 4.16. The fraction of sp³-hybridized carbons (Fsp3) is 0.625. The maximum atomic E-state index is 6.18. The van der Waals surface area contributed by atoms with E-state index in [1.807, 2.05) is 16.9 Å². The standard InChI is InChI=1S/C16H23ClN4/c1-16(2,3)14-10-13-15(18-8-9-21(13)20-14)19-12-6-4-11(17)5-7-12/h8-12H,4-7H2,1-3H3,(H,18,19). The van der Waals surface area contributed by atoms with Crippen LogP contribution in [0.1, 0.15) is 52.1 Å². The maximum absolute atomic E-state index is 6.18. The Balaban J connectivity index is 1.86. The Morgan fingerprint density at radius 3 is 2.62 bits per heavy atom. The average Bonchev–Trinajstić information content (AvgIpc) is 2.86. The Labute approximate surface area is 130 Å². The number of hydrogen-bond acceptors (Lipinski definition) is 3. The lowest BCUT2D eigenvalue weighted by Crippen LogP contribution is -2.26. The van der Waals surface area contributed by atoms with Crippen molar-refractivity contribution >= 4 is 22.9 Å². The summed E-state index contributed by atoms with van der Waals surface area (Å²) in [7, 11) is 0. The number of nitrogens with zero attached hydrogens (tertiary/aromatic N) is 3. The topological polar surface area (TPSA) is 42.2 Å². The number of alkyl halides is 1. The Morgan fingerprint density at radius 1 is 1.24 bits per heavy atom. The second kappa shape index (κ2) is 5.48. The van der Waals surface area contributed by atoms with E-state index in [-0.39, 0.29) is 5.41 Å². The van der Waals surface area contributed by atoms with E-state index in [1.54, 1.807) is 0 Å². The quantitative estimate of drug-likeness (QED) is 0.853. The third kappa shape index (κ3) is 3.15. The van der Waals surface area contributed by atoms with Gasteiger partial charge in [-0.3, -0.25) is 0 Å². The van der Waals surface area contributed by atoms with Crippen LogP contribution in [0.2, 0.25) is 0 Å². The van der Waals surface area contributed by atoms with E-state index in [2.05, 4.69) is 42.2 Å². The van der Waals surface area contributed by atoms with Gasteiger partial charge in [0.05, 0.1) is 5.69 Å². The van der Waals surface area contributed by atoms with E-state index < -0.39 is 0 Å². The summed E-state index contributed by atoms with van der Waals surface area (Å²) >= 11 is 6.18. The highest BCUT2D eigenvalue weighted by Gasteiger charge is 2.22. The van der Waals surface area contributed by atoms with Gasteiger partial charge in [-0.25, -0.2) is 9.50 Å². The minimum absolute atomic E-state index is 0.0416. The largest absolute Gasteiger partial charge is 0.366 e. The van der Waals surface area contributed by atoms with E-state index in [4.69, 9.17) is 11.6 Å². The van der Waals surface area contributed by atoms with Crippen LogP contribution in [0.25, 0.3) is 5.52 Å². The van der Waals surface area contributed by atoms with Crippen molar-refractivity contribution in [1.82, 2.24) is 14.6 Å². The average molecular weight is 307 g/mol. The lowest BCUT2D eigenvalue weighted by Gasteiger charge is -2.26. The number of rotatable bonds is 2. The highest BCUT2D eigenvalue weighted by molar-refractivity contribution is 6.20. The Morgan fingerprint density at radius 2 is 1.95 bits per heavy atom. The molecule has 5 heteroatoms. The van der Waals surface area contributed by atoms with Crippen LogP contribution in [0.4, 0.5) is 5.82 Å². The summed E-state index contributed by atoms with van der Waals surface area (Å²) < 4.78 is 1.92. The van der Waals surface area contributed by atoms with Gasteiger partial charge in [0.15, 0.2) is 5.82 Å². The first-order chi connectivity index (χ1) is 9.93. The van der Waals surface area contributed by atoms with E-state index in [0.29, 0.717) is 11.4 Å². The van der Waals surface area contributed by atoms with Crippen molar-refractivity contribution < 1.29 is 0 Å². The van der Waals surface area contributed by atoms with Crippen LogP contribution >= 0.6 is 11.6 Å². The molecule has 0 amide bonds. The predicted molar refractivity (Wildman–Crippen MR) is 87.2 cm³/mol. The molecule has 21 heavy (non-hydrogen) atoms. The Bertz CT molecular complexity index is 621. The van der Waals surface area contributed by atoms with Gasteiger partial charge in [-0.05, 0) is 31.7 Å². The second-order valence-corrected chi connectivity index (χ2v) is 7.60. The molecule has 0 aromatic carbocycles. The zero-order chi connectivity index (χ0) is 15.0. The van der Waals surface area contributed by atoms with Gasteiger partial charge in [-0.15, -0.1) is 11.6 Å². The molecule has 4 nitrogen and oxygen atoms in total. The number of halogens is 1. The van der Waals surface area contributed by atoms with Crippen LogP contribution in [-0.4, -0.2) is 26.0 Å². The third-order valence-corrected chi connectivity index (χ3v) is 4.59. The fourth-order valence-electron chi connectivity index (χ4n) is 2.79. The summed E-state index contributed by atoms with van der Waals surface area (Å²) in [5.41, 5.74) is 2.18. The zero-order valence-corrected chi connectivity index (χ0v) is 13.7. The van der Waals surface area contributed by atoms with Crippen LogP contribution in [0, 0.1) is 0 Å². The van der Waals surface area contributed by atoms with Gasteiger partial charge >= 0.3 is 0 Å². The normalized spacial score (nSPS) is 23.4. The first-order valence-electron chi connectivity index (χ1n) is 7.69. The molecule has 0 radical (unpaired) electrons. The monoisotopic (exact) mass is 306 g/mol. The maximum Gasteiger partial charge on any atom is 0.152 e. The van der Waals surface area contributed by atoms with E-state index in [0.717, 1.165) is 42.7 Å². The SMILES string of the molecule is CC(C)(C)c1cc2c(NC3CCC(Cl)CC3)nccn2n1. The van der Waals surface area contributed by atoms with E-state index in [1.165, 1.54) is 0 Å². The van der Waals surface area contributed by atoms with Crippen molar-refractivity contribution in [1.29, 1.82) is 0 Å². The van der Waals surface area contributed by atoms with Gasteiger partial charge in [0.1, 0.15) is 5.52 Å². The molecule has 1 N–H and O–H groups in total. The molecule has 0 bridgehead atoms. The first-order valence-corrected chi connectivity index (χ1v) is 8.12. The molecule has 1 aliphatic carbocycles. The smallest absolute Gasteiger partial charge is 0.152 e. The summed E-state index contributed by atoms with van der Waals surface area (Å²) in [4.78, 5) is 4.51. The van der Waals surface area contributed by atoms with Gasteiger partial charge < -0.3 is 5.32 Å². The Hall–Kier alpha value is -1.29. The molecule has 2 heterocycles. The van der Waals surface area contributed by atoms with Crippen molar-refractivity contribution in [2.45, 2.75) is 63.3 Å². The number of anilines is 1.